The molecular formula is C45H27N3O2. The van der Waals surface area contributed by atoms with Crippen molar-refractivity contribution in [1.82, 2.24) is 15.0 Å². The third kappa shape index (κ3) is 4.60. The van der Waals surface area contributed by atoms with Crippen molar-refractivity contribution in [3.8, 4) is 56.4 Å². The fourth-order valence-corrected chi connectivity index (χ4v) is 7.05. The Morgan fingerprint density at radius 2 is 0.820 bits per heavy atom. The summed E-state index contributed by atoms with van der Waals surface area (Å²) in [6.45, 7) is 0. The van der Waals surface area contributed by atoms with Gasteiger partial charge < -0.3 is 8.83 Å². The third-order valence-corrected chi connectivity index (χ3v) is 9.38. The molecule has 0 N–H and O–H groups in total. The van der Waals surface area contributed by atoms with Crippen LogP contribution in [0.3, 0.4) is 0 Å². The van der Waals surface area contributed by atoms with E-state index in [-0.39, 0.29) is 0 Å². The maximum absolute atomic E-state index is 6.40. The minimum absolute atomic E-state index is 0.568. The Hall–Kier alpha value is -6.85. The fourth-order valence-electron chi connectivity index (χ4n) is 7.05. The Kier molecular flexibility index (Phi) is 6.42. The average Bonchev–Trinajstić information content (AvgIpc) is 3.77. The second-order valence-corrected chi connectivity index (χ2v) is 12.4. The lowest BCUT2D eigenvalue weighted by Gasteiger charge is -2.14. The smallest absolute Gasteiger partial charge is 0.165 e. The maximum Gasteiger partial charge on any atom is 0.165 e. The van der Waals surface area contributed by atoms with Crippen LogP contribution < -0.4 is 0 Å². The molecule has 0 aliphatic carbocycles. The molecule has 234 valence electrons. The highest BCUT2D eigenvalue weighted by molar-refractivity contribution is 6.15. The van der Waals surface area contributed by atoms with Crippen molar-refractivity contribution >= 4 is 43.9 Å². The molecule has 0 bridgehead atoms. The highest BCUT2D eigenvalue weighted by Crippen LogP contribution is 2.43. The Morgan fingerprint density at radius 1 is 0.300 bits per heavy atom. The lowest BCUT2D eigenvalue weighted by Crippen LogP contribution is -2.02. The summed E-state index contributed by atoms with van der Waals surface area (Å²) in [5.41, 5.74) is 10.2. The molecule has 0 saturated carbocycles. The van der Waals surface area contributed by atoms with E-state index in [1.165, 1.54) is 0 Å². The molecule has 0 amide bonds. The first-order valence-corrected chi connectivity index (χ1v) is 16.6. The van der Waals surface area contributed by atoms with Gasteiger partial charge in [-0.15, -0.1) is 0 Å². The topological polar surface area (TPSA) is 65.0 Å². The zero-order valence-corrected chi connectivity index (χ0v) is 26.7. The van der Waals surface area contributed by atoms with Gasteiger partial charge in [0.2, 0.25) is 0 Å². The van der Waals surface area contributed by atoms with Crippen LogP contribution in [-0.4, -0.2) is 15.0 Å². The second kappa shape index (κ2) is 11.4. The Labute approximate surface area is 287 Å². The van der Waals surface area contributed by atoms with Gasteiger partial charge in [-0.25, -0.2) is 15.0 Å². The van der Waals surface area contributed by atoms with Gasteiger partial charge in [-0.05, 0) is 52.6 Å². The number of nitrogens with zero attached hydrogens (tertiary/aromatic N) is 3. The molecule has 5 heteroatoms. The van der Waals surface area contributed by atoms with Crippen molar-refractivity contribution in [3.05, 3.63) is 164 Å². The normalized spacial score (nSPS) is 11.6. The van der Waals surface area contributed by atoms with Crippen LogP contribution in [0, 0.1) is 0 Å². The molecule has 3 aromatic heterocycles. The Bertz CT molecular complexity index is 2850. The fraction of sp³-hybridized carbons (Fsp3) is 0. The van der Waals surface area contributed by atoms with E-state index in [1.807, 2.05) is 66.7 Å². The second-order valence-electron chi connectivity index (χ2n) is 12.4. The Morgan fingerprint density at radius 3 is 1.54 bits per heavy atom. The van der Waals surface area contributed by atoms with Crippen LogP contribution in [0.1, 0.15) is 0 Å². The highest BCUT2D eigenvalue weighted by atomic mass is 16.3. The number of furan rings is 2. The van der Waals surface area contributed by atoms with Gasteiger partial charge in [-0.1, -0.05) is 133 Å². The molecule has 10 aromatic rings. The number of hydrogen-bond donors (Lipinski definition) is 0. The van der Waals surface area contributed by atoms with E-state index in [0.29, 0.717) is 17.5 Å². The summed E-state index contributed by atoms with van der Waals surface area (Å²) in [6, 6.07) is 55.6. The molecule has 3 heterocycles. The minimum atomic E-state index is 0.568. The van der Waals surface area contributed by atoms with Crippen LogP contribution in [-0.2, 0) is 0 Å². The largest absolute Gasteiger partial charge is 0.456 e. The van der Waals surface area contributed by atoms with Crippen LogP contribution in [0.4, 0.5) is 0 Å². The molecule has 5 nitrogen and oxygen atoms in total. The first-order valence-electron chi connectivity index (χ1n) is 16.6. The number of rotatable bonds is 5. The van der Waals surface area contributed by atoms with Crippen molar-refractivity contribution < 1.29 is 8.83 Å². The number of fused-ring (bicyclic) bond motifs is 6. The van der Waals surface area contributed by atoms with Gasteiger partial charge >= 0.3 is 0 Å². The summed E-state index contributed by atoms with van der Waals surface area (Å²) in [6.07, 6.45) is 0. The standard InChI is InChI=1S/C45H27N3O2/c1-3-12-28(13-4-1)29-22-24-31(25-23-29)43-46-44(35-18-11-21-38-40(35)33-16-7-9-19-36(33)49-38)48-45(47-43)42-32(30-14-5-2-6-15-30)26-27-39-41(42)34-17-8-10-20-37(34)50-39/h1-27H. The van der Waals surface area contributed by atoms with Crippen LogP contribution in [0.2, 0.25) is 0 Å². The van der Waals surface area contributed by atoms with Gasteiger partial charge in [0.05, 0.1) is 0 Å². The maximum atomic E-state index is 6.40. The summed E-state index contributed by atoms with van der Waals surface area (Å²) in [4.78, 5) is 15.8. The van der Waals surface area contributed by atoms with E-state index in [4.69, 9.17) is 23.8 Å². The first-order chi connectivity index (χ1) is 24.8. The highest BCUT2D eigenvalue weighted by Gasteiger charge is 2.23. The predicted octanol–water partition coefficient (Wildman–Crippen LogP) is 12.0. The molecule has 50 heavy (non-hydrogen) atoms. The average molecular weight is 642 g/mol. The number of benzene rings is 7. The molecule has 0 aliphatic heterocycles. The van der Waals surface area contributed by atoms with Crippen LogP contribution >= 0.6 is 0 Å². The minimum Gasteiger partial charge on any atom is -0.456 e. The quantitative estimate of drug-likeness (QED) is 0.187. The molecular weight excluding hydrogens is 615 g/mol. The molecule has 7 aromatic carbocycles. The van der Waals surface area contributed by atoms with Crippen molar-refractivity contribution in [3.63, 3.8) is 0 Å². The van der Waals surface area contributed by atoms with Gasteiger partial charge in [0.1, 0.15) is 22.3 Å². The van der Waals surface area contributed by atoms with E-state index in [9.17, 15) is 0 Å². The first kappa shape index (κ1) is 28.2. The van der Waals surface area contributed by atoms with Gasteiger partial charge in [0.15, 0.2) is 17.5 Å². The van der Waals surface area contributed by atoms with Crippen molar-refractivity contribution in [1.29, 1.82) is 0 Å². The lowest BCUT2D eigenvalue weighted by atomic mass is 9.94. The molecule has 10 rings (SSSR count). The number of hydrogen-bond acceptors (Lipinski definition) is 5. The van der Waals surface area contributed by atoms with Crippen molar-refractivity contribution in [2.45, 2.75) is 0 Å². The van der Waals surface area contributed by atoms with E-state index in [1.54, 1.807) is 0 Å². The number of aromatic nitrogens is 3. The summed E-state index contributed by atoms with van der Waals surface area (Å²) in [7, 11) is 0. The molecule has 0 spiro atoms. The van der Waals surface area contributed by atoms with E-state index < -0.39 is 0 Å². The predicted molar refractivity (Wildman–Crippen MR) is 202 cm³/mol. The summed E-state index contributed by atoms with van der Waals surface area (Å²) >= 11 is 0. The van der Waals surface area contributed by atoms with E-state index in [0.717, 1.165) is 82.8 Å². The van der Waals surface area contributed by atoms with Crippen LogP contribution in [0.5, 0.6) is 0 Å². The van der Waals surface area contributed by atoms with E-state index in [2.05, 4.69) is 97.1 Å². The van der Waals surface area contributed by atoms with Crippen LogP contribution in [0.15, 0.2) is 173 Å². The van der Waals surface area contributed by atoms with E-state index >= 15 is 0 Å². The third-order valence-electron chi connectivity index (χ3n) is 9.38. The molecule has 0 radical (unpaired) electrons. The Balaban J connectivity index is 1.28. The molecule has 0 saturated heterocycles. The van der Waals surface area contributed by atoms with Gasteiger partial charge in [0, 0.05) is 38.2 Å². The molecule has 0 unspecified atom stereocenters. The summed E-state index contributed by atoms with van der Waals surface area (Å²) in [5.74, 6) is 1.72. The lowest BCUT2D eigenvalue weighted by molar-refractivity contribution is 0.668. The SMILES string of the molecule is c1ccc(-c2ccc(-c3nc(-c4cccc5oc6ccccc6c45)nc(-c4c(-c5ccccc5)ccc5oc6ccccc6c45)n3)cc2)cc1. The zero-order chi connectivity index (χ0) is 33.0. The zero-order valence-electron chi connectivity index (χ0n) is 26.7. The van der Waals surface area contributed by atoms with Crippen molar-refractivity contribution in [2.24, 2.45) is 0 Å². The van der Waals surface area contributed by atoms with Crippen LogP contribution in [0.25, 0.3) is 100 Å². The van der Waals surface area contributed by atoms with Crippen molar-refractivity contribution in [2.75, 3.05) is 0 Å². The summed E-state index contributed by atoms with van der Waals surface area (Å²) in [5, 5.41) is 3.97. The monoisotopic (exact) mass is 641 g/mol. The van der Waals surface area contributed by atoms with Gasteiger partial charge in [0.25, 0.3) is 0 Å². The number of para-hydroxylation sites is 2. The van der Waals surface area contributed by atoms with Gasteiger partial charge in [-0.3, -0.25) is 0 Å². The molecule has 0 aliphatic rings. The summed E-state index contributed by atoms with van der Waals surface area (Å²) < 4.78 is 12.7. The molecule has 0 fully saturated rings. The molecule has 0 atom stereocenters. The van der Waals surface area contributed by atoms with Gasteiger partial charge in [-0.2, -0.15) is 0 Å².